The van der Waals surface area contributed by atoms with Crippen LogP contribution in [0.1, 0.15) is 15.4 Å². The van der Waals surface area contributed by atoms with Crippen LogP contribution < -0.4 is 5.32 Å². The second-order valence-electron chi connectivity index (χ2n) is 3.25. The largest absolute Gasteiger partial charge is 0.469 e. The number of rotatable bonds is 4. The van der Waals surface area contributed by atoms with E-state index in [4.69, 9.17) is 4.42 Å². The van der Waals surface area contributed by atoms with E-state index in [2.05, 4.69) is 17.9 Å². The van der Waals surface area contributed by atoms with Gasteiger partial charge in [0.2, 0.25) is 0 Å². The van der Waals surface area contributed by atoms with Gasteiger partial charge in [-0.15, -0.1) is 24.0 Å². The zero-order chi connectivity index (χ0) is 11.4. The molecule has 1 N–H and O–H groups in total. The maximum absolute atomic E-state index is 11.6. The van der Waals surface area contributed by atoms with Gasteiger partial charge < -0.3 is 9.73 Å². The molecule has 0 bridgehead atoms. The van der Waals surface area contributed by atoms with Crippen LogP contribution in [0.2, 0.25) is 0 Å². The van der Waals surface area contributed by atoms with Crippen molar-refractivity contribution in [3.05, 3.63) is 40.5 Å². The minimum absolute atomic E-state index is 0.0585. The first kappa shape index (κ1) is 11.3. The molecular weight excluding hydrogens is 242 g/mol. The van der Waals surface area contributed by atoms with Crippen LogP contribution in [0.5, 0.6) is 0 Å². The SMILES string of the molecule is O=C(NCCc1ccco1)c1cc(S)cs1. The summed E-state index contributed by atoms with van der Waals surface area (Å²) in [6, 6.07) is 5.49. The Balaban J connectivity index is 1.80. The molecule has 5 heteroatoms. The van der Waals surface area contributed by atoms with Gasteiger partial charge in [0, 0.05) is 23.2 Å². The predicted octanol–water partition coefficient (Wildman–Crippen LogP) is 2.60. The Morgan fingerprint density at radius 1 is 1.56 bits per heavy atom. The van der Waals surface area contributed by atoms with Gasteiger partial charge in [-0.1, -0.05) is 0 Å². The summed E-state index contributed by atoms with van der Waals surface area (Å²) in [7, 11) is 0. The highest BCUT2D eigenvalue weighted by Gasteiger charge is 2.07. The molecule has 2 heterocycles. The summed E-state index contributed by atoms with van der Waals surface area (Å²) in [6.07, 6.45) is 2.33. The van der Waals surface area contributed by atoms with Crippen molar-refractivity contribution in [2.24, 2.45) is 0 Å². The van der Waals surface area contributed by atoms with Crippen molar-refractivity contribution in [3.8, 4) is 0 Å². The summed E-state index contributed by atoms with van der Waals surface area (Å²) in [5.74, 6) is 0.818. The van der Waals surface area contributed by atoms with Gasteiger partial charge in [-0.05, 0) is 18.2 Å². The third kappa shape index (κ3) is 2.90. The molecule has 0 radical (unpaired) electrons. The summed E-state index contributed by atoms with van der Waals surface area (Å²) < 4.78 is 5.16. The number of hydrogen-bond donors (Lipinski definition) is 2. The fraction of sp³-hybridized carbons (Fsp3) is 0.182. The summed E-state index contributed by atoms with van der Waals surface area (Å²) in [6.45, 7) is 0.576. The van der Waals surface area contributed by atoms with Crippen LogP contribution in [0.15, 0.2) is 39.2 Å². The third-order valence-electron chi connectivity index (χ3n) is 2.05. The normalized spacial score (nSPS) is 10.3. The number of carbonyl (C=O) groups excluding carboxylic acids is 1. The van der Waals surface area contributed by atoms with Crippen LogP contribution in [0, 0.1) is 0 Å². The Bertz CT molecular complexity index is 462. The molecule has 2 aromatic heterocycles. The molecule has 0 saturated heterocycles. The van der Waals surface area contributed by atoms with E-state index in [0.29, 0.717) is 17.8 Å². The maximum Gasteiger partial charge on any atom is 0.261 e. The summed E-state index contributed by atoms with van der Waals surface area (Å²) in [4.78, 5) is 13.1. The van der Waals surface area contributed by atoms with E-state index in [1.165, 1.54) is 11.3 Å². The van der Waals surface area contributed by atoms with Crippen LogP contribution in [0.4, 0.5) is 0 Å². The van der Waals surface area contributed by atoms with Gasteiger partial charge in [-0.25, -0.2) is 0 Å². The molecule has 1 amide bonds. The average Bonchev–Trinajstić information content (AvgIpc) is 2.89. The van der Waals surface area contributed by atoms with Crippen molar-refractivity contribution in [2.45, 2.75) is 11.3 Å². The van der Waals surface area contributed by atoms with Crippen molar-refractivity contribution >= 4 is 29.9 Å². The van der Waals surface area contributed by atoms with Crippen LogP contribution in [-0.4, -0.2) is 12.5 Å². The lowest BCUT2D eigenvalue weighted by Crippen LogP contribution is -2.24. The summed E-state index contributed by atoms with van der Waals surface area (Å²) >= 11 is 5.55. The molecule has 84 valence electrons. The van der Waals surface area contributed by atoms with E-state index < -0.39 is 0 Å². The number of carbonyl (C=O) groups is 1. The Hall–Kier alpha value is -1.20. The van der Waals surface area contributed by atoms with Gasteiger partial charge >= 0.3 is 0 Å². The first-order valence-corrected chi connectivity index (χ1v) is 6.16. The molecule has 0 aliphatic heterocycles. The highest BCUT2D eigenvalue weighted by molar-refractivity contribution is 7.80. The topological polar surface area (TPSA) is 42.2 Å². The predicted molar refractivity (Wildman–Crippen MR) is 66.3 cm³/mol. The number of furan rings is 1. The maximum atomic E-state index is 11.6. The number of thiol groups is 1. The molecule has 0 fully saturated rings. The van der Waals surface area contributed by atoms with E-state index in [-0.39, 0.29) is 5.91 Å². The quantitative estimate of drug-likeness (QED) is 0.822. The second-order valence-corrected chi connectivity index (χ2v) is 4.68. The van der Waals surface area contributed by atoms with Gasteiger partial charge in [-0.3, -0.25) is 4.79 Å². The molecule has 0 spiro atoms. The van der Waals surface area contributed by atoms with E-state index in [9.17, 15) is 4.79 Å². The lowest BCUT2D eigenvalue weighted by Gasteiger charge is -2.01. The van der Waals surface area contributed by atoms with Crippen LogP contribution in [0.25, 0.3) is 0 Å². The lowest BCUT2D eigenvalue weighted by molar-refractivity contribution is 0.0957. The fourth-order valence-corrected chi connectivity index (χ4v) is 2.35. The van der Waals surface area contributed by atoms with E-state index >= 15 is 0 Å². The van der Waals surface area contributed by atoms with Gasteiger partial charge in [0.1, 0.15) is 5.76 Å². The Kier molecular flexibility index (Phi) is 3.69. The molecule has 0 aromatic carbocycles. The monoisotopic (exact) mass is 253 g/mol. The highest BCUT2D eigenvalue weighted by Crippen LogP contribution is 2.17. The molecule has 0 aliphatic carbocycles. The molecule has 16 heavy (non-hydrogen) atoms. The first-order valence-electron chi connectivity index (χ1n) is 4.84. The standard InChI is InChI=1S/C11H11NO2S2/c13-11(10-6-9(15)7-16-10)12-4-3-8-2-1-5-14-8/h1-2,5-7,15H,3-4H2,(H,12,13). The molecule has 0 unspecified atom stereocenters. The highest BCUT2D eigenvalue weighted by atomic mass is 32.1. The summed E-state index contributed by atoms with van der Waals surface area (Å²) in [5, 5.41) is 4.67. The molecule has 2 aromatic rings. The van der Waals surface area contributed by atoms with Crippen molar-refractivity contribution in [3.63, 3.8) is 0 Å². The van der Waals surface area contributed by atoms with Gasteiger partial charge in [-0.2, -0.15) is 0 Å². The van der Waals surface area contributed by atoms with Gasteiger partial charge in [0.05, 0.1) is 11.1 Å². The van der Waals surface area contributed by atoms with Crippen LogP contribution in [0.3, 0.4) is 0 Å². The van der Waals surface area contributed by atoms with Crippen LogP contribution in [-0.2, 0) is 6.42 Å². The van der Waals surface area contributed by atoms with Crippen molar-refractivity contribution in [1.29, 1.82) is 0 Å². The van der Waals surface area contributed by atoms with E-state index in [0.717, 1.165) is 10.7 Å². The smallest absolute Gasteiger partial charge is 0.261 e. The van der Waals surface area contributed by atoms with E-state index in [1.54, 1.807) is 12.3 Å². The Labute approximate surface area is 103 Å². The molecule has 3 nitrogen and oxygen atoms in total. The average molecular weight is 253 g/mol. The molecule has 0 saturated carbocycles. The van der Waals surface area contributed by atoms with Crippen molar-refractivity contribution < 1.29 is 9.21 Å². The Morgan fingerprint density at radius 3 is 3.06 bits per heavy atom. The lowest BCUT2D eigenvalue weighted by atomic mass is 10.3. The minimum atomic E-state index is -0.0585. The van der Waals surface area contributed by atoms with Gasteiger partial charge in [0.15, 0.2) is 0 Å². The zero-order valence-corrected chi connectivity index (χ0v) is 10.2. The van der Waals surface area contributed by atoms with E-state index in [1.807, 2.05) is 17.5 Å². The number of hydrogen-bond acceptors (Lipinski definition) is 4. The second kappa shape index (κ2) is 5.23. The fourth-order valence-electron chi connectivity index (χ4n) is 1.29. The van der Waals surface area contributed by atoms with Crippen molar-refractivity contribution in [2.75, 3.05) is 6.54 Å². The number of amides is 1. The summed E-state index contributed by atoms with van der Waals surface area (Å²) in [5.41, 5.74) is 0. The first-order chi connectivity index (χ1) is 7.75. The zero-order valence-electron chi connectivity index (χ0n) is 8.47. The third-order valence-corrected chi connectivity index (χ3v) is 3.41. The van der Waals surface area contributed by atoms with Crippen molar-refractivity contribution in [1.82, 2.24) is 5.32 Å². The Morgan fingerprint density at radius 2 is 2.44 bits per heavy atom. The number of nitrogens with one attached hydrogen (secondary N) is 1. The molecule has 0 atom stereocenters. The van der Waals surface area contributed by atoms with Crippen LogP contribution >= 0.6 is 24.0 Å². The number of thiophene rings is 1. The van der Waals surface area contributed by atoms with Gasteiger partial charge in [0.25, 0.3) is 5.91 Å². The minimum Gasteiger partial charge on any atom is -0.469 e. The molecule has 2 rings (SSSR count). The molecule has 0 aliphatic rings. The molecular formula is C11H11NO2S2.